The molecule has 1 aromatic carbocycles. The lowest BCUT2D eigenvalue weighted by atomic mass is 10.2. The van der Waals surface area contributed by atoms with Gasteiger partial charge >= 0.3 is 5.00 Å². The van der Waals surface area contributed by atoms with Gasteiger partial charge in [0, 0.05) is 24.5 Å². The maximum Gasteiger partial charge on any atom is 0.324 e. The average molecular weight is 341 g/mol. The van der Waals surface area contributed by atoms with Crippen molar-refractivity contribution in [2.75, 3.05) is 11.9 Å². The molecule has 2 aromatic heterocycles. The highest BCUT2D eigenvalue weighted by Gasteiger charge is 2.18. The number of thiophene rings is 1. The summed E-state index contributed by atoms with van der Waals surface area (Å²) in [5.74, 6) is 0.349. The first-order chi connectivity index (χ1) is 11.6. The van der Waals surface area contributed by atoms with Gasteiger partial charge in [-0.15, -0.1) is 0 Å². The second-order valence-electron chi connectivity index (χ2n) is 5.17. The van der Waals surface area contributed by atoms with E-state index in [2.05, 4.69) is 15.3 Å². The fourth-order valence-corrected chi connectivity index (χ4v) is 3.35. The first-order valence-electron chi connectivity index (χ1n) is 7.20. The fraction of sp³-hybridized carbons (Fsp3) is 0.133. The molecular formula is C15H11N5O3S. The van der Waals surface area contributed by atoms with Gasteiger partial charge in [-0.25, -0.2) is 4.98 Å². The Bertz CT molecular complexity index is 1050. The zero-order chi connectivity index (χ0) is 16.7. The number of nitrogens with zero attached hydrogens (tertiary/aromatic N) is 4. The van der Waals surface area contributed by atoms with Gasteiger partial charge in [0.15, 0.2) is 0 Å². The summed E-state index contributed by atoms with van der Waals surface area (Å²) in [4.78, 5) is 31.3. The highest BCUT2D eigenvalue weighted by atomic mass is 32.1. The van der Waals surface area contributed by atoms with Gasteiger partial charge in [-0.1, -0.05) is 23.5 Å². The highest BCUT2D eigenvalue weighted by Crippen LogP contribution is 2.25. The molecule has 0 fully saturated rings. The molecule has 4 rings (SSSR count). The van der Waals surface area contributed by atoms with E-state index in [1.165, 1.54) is 12.1 Å². The van der Waals surface area contributed by atoms with E-state index in [0.29, 0.717) is 12.2 Å². The van der Waals surface area contributed by atoms with Crippen LogP contribution in [0.4, 0.5) is 10.8 Å². The van der Waals surface area contributed by atoms with E-state index in [1.807, 2.05) is 28.8 Å². The van der Waals surface area contributed by atoms with Crippen molar-refractivity contribution < 1.29 is 9.72 Å². The fourth-order valence-electron chi connectivity index (χ4n) is 2.65. The lowest BCUT2D eigenvalue weighted by Crippen LogP contribution is -2.24. The number of anilines is 1. The Hall–Kier alpha value is -3.07. The molecule has 3 aromatic rings. The number of nitrogens with one attached hydrogen (secondary N) is 1. The van der Waals surface area contributed by atoms with Crippen LogP contribution in [0.5, 0.6) is 0 Å². The van der Waals surface area contributed by atoms with E-state index in [4.69, 9.17) is 0 Å². The van der Waals surface area contributed by atoms with Crippen molar-refractivity contribution in [1.82, 2.24) is 9.55 Å². The highest BCUT2D eigenvalue weighted by molar-refractivity contribution is 7.17. The van der Waals surface area contributed by atoms with Crippen molar-refractivity contribution in [2.24, 2.45) is 4.99 Å². The number of hydrogen-bond donors (Lipinski definition) is 1. The van der Waals surface area contributed by atoms with Gasteiger partial charge in [-0.2, -0.15) is 4.99 Å². The number of aromatic nitrogens is 2. The topological polar surface area (TPSA) is 102 Å². The first-order valence-corrected chi connectivity index (χ1v) is 8.02. The number of carbonyl (C=O) groups excluding carboxylic acids is 1. The number of fused-ring (bicyclic) bond motifs is 3. The Kier molecular flexibility index (Phi) is 3.35. The number of carbonyl (C=O) groups is 1. The summed E-state index contributed by atoms with van der Waals surface area (Å²) in [5, 5.41) is 14.9. The molecule has 1 amide bonds. The molecule has 0 saturated carbocycles. The van der Waals surface area contributed by atoms with E-state index in [9.17, 15) is 14.9 Å². The van der Waals surface area contributed by atoms with Crippen molar-refractivity contribution in [2.45, 2.75) is 6.54 Å². The number of nitro groups is 1. The Balaban J connectivity index is 1.85. The number of amides is 1. The van der Waals surface area contributed by atoms with Crippen LogP contribution in [0.15, 0.2) is 41.4 Å². The van der Waals surface area contributed by atoms with Crippen LogP contribution in [0.3, 0.4) is 0 Å². The van der Waals surface area contributed by atoms with Gasteiger partial charge in [0.05, 0.1) is 10.4 Å². The molecule has 8 nitrogen and oxygen atoms in total. The van der Waals surface area contributed by atoms with Crippen molar-refractivity contribution in [1.29, 1.82) is 0 Å². The Labute approximate surface area is 139 Å². The third-order valence-corrected chi connectivity index (χ3v) is 4.73. The zero-order valence-electron chi connectivity index (χ0n) is 12.3. The molecule has 0 unspecified atom stereocenters. The number of hydrogen-bond acceptors (Lipinski definition) is 6. The third kappa shape index (κ3) is 2.35. The number of benzene rings is 1. The van der Waals surface area contributed by atoms with Crippen LogP contribution in [-0.4, -0.2) is 26.9 Å². The quantitative estimate of drug-likeness (QED) is 0.568. The minimum atomic E-state index is -0.530. The summed E-state index contributed by atoms with van der Waals surface area (Å²) in [7, 11) is 0. The maximum absolute atomic E-state index is 12.3. The molecule has 0 saturated heterocycles. The molecule has 0 bridgehead atoms. The summed E-state index contributed by atoms with van der Waals surface area (Å²) >= 11 is 0.810. The van der Waals surface area contributed by atoms with Crippen LogP contribution in [-0.2, 0) is 6.54 Å². The largest absolute Gasteiger partial charge is 0.369 e. The van der Waals surface area contributed by atoms with E-state index >= 15 is 0 Å². The maximum atomic E-state index is 12.3. The minimum Gasteiger partial charge on any atom is -0.369 e. The van der Waals surface area contributed by atoms with Crippen molar-refractivity contribution >= 4 is 39.0 Å². The predicted octanol–water partition coefficient (Wildman–Crippen LogP) is 2.17. The van der Waals surface area contributed by atoms with Crippen molar-refractivity contribution in [3.8, 4) is 0 Å². The van der Waals surface area contributed by atoms with E-state index in [0.717, 1.165) is 34.6 Å². The zero-order valence-corrected chi connectivity index (χ0v) is 13.1. The molecule has 0 radical (unpaired) electrons. The van der Waals surface area contributed by atoms with Gasteiger partial charge in [-0.3, -0.25) is 19.5 Å². The summed E-state index contributed by atoms with van der Waals surface area (Å²) in [6.45, 7) is 1.39. The molecule has 9 heteroatoms. The summed E-state index contributed by atoms with van der Waals surface area (Å²) < 4.78 is 1.85. The second kappa shape index (κ2) is 5.53. The molecule has 24 heavy (non-hydrogen) atoms. The summed E-state index contributed by atoms with van der Waals surface area (Å²) in [6.07, 6.45) is 0. The monoisotopic (exact) mass is 341 g/mol. The first kappa shape index (κ1) is 14.5. The molecule has 0 atom stereocenters. The minimum absolute atomic E-state index is 0.0837. The van der Waals surface area contributed by atoms with Gasteiger partial charge in [0.25, 0.3) is 5.91 Å². The van der Waals surface area contributed by atoms with Crippen LogP contribution >= 0.6 is 11.3 Å². The van der Waals surface area contributed by atoms with Crippen LogP contribution in [0.25, 0.3) is 10.9 Å². The van der Waals surface area contributed by atoms with Gasteiger partial charge < -0.3 is 5.32 Å². The lowest BCUT2D eigenvalue weighted by Gasteiger charge is -2.07. The van der Waals surface area contributed by atoms with Crippen LogP contribution in [0.1, 0.15) is 9.67 Å². The van der Waals surface area contributed by atoms with E-state index < -0.39 is 10.8 Å². The summed E-state index contributed by atoms with van der Waals surface area (Å²) in [6, 6.07) is 10.3. The van der Waals surface area contributed by atoms with Gasteiger partial charge in [0.1, 0.15) is 10.7 Å². The molecule has 120 valence electrons. The molecular weight excluding hydrogens is 330 g/mol. The van der Waals surface area contributed by atoms with E-state index in [-0.39, 0.29) is 9.88 Å². The Morgan fingerprint density at radius 3 is 2.96 bits per heavy atom. The smallest absolute Gasteiger partial charge is 0.324 e. The standard InChI is InChI=1S/C15H11N5O3S/c21-14(11-5-6-12(24-11)20(22)23)18-15-17-10-4-2-1-3-9(10)13-16-7-8-19(13)15/h1-6,16H,7-8H2. The van der Waals surface area contributed by atoms with Gasteiger partial charge in [0.2, 0.25) is 5.62 Å². The van der Waals surface area contributed by atoms with E-state index in [1.54, 1.807) is 0 Å². The van der Waals surface area contributed by atoms with Crippen molar-refractivity contribution in [3.05, 3.63) is 57.0 Å². The molecule has 1 N–H and O–H groups in total. The van der Waals surface area contributed by atoms with Gasteiger partial charge in [-0.05, 0) is 18.2 Å². The molecule has 1 aliphatic heterocycles. The summed E-state index contributed by atoms with van der Waals surface area (Å²) in [5.41, 5.74) is 1.04. The third-order valence-electron chi connectivity index (χ3n) is 3.70. The second-order valence-corrected chi connectivity index (χ2v) is 6.23. The number of rotatable bonds is 2. The average Bonchev–Trinajstić information content (AvgIpc) is 3.25. The van der Waals surface area contributed by atoms with Crippen LogP contribution < -0.4 is 10.9 Å². The molecule has 3 heterocycles. The normalized spacial score (nSPS) is 13.8. The molecule has 1 aliphatic rings. The van der Waals surface area contributed by atoms with Crippen LogP contribution in [0.2, 0.25) is 0 Å². The predicted molar refractivity (Wildman–Crippen MR) is 89.1 cm³/mol. The Morgan fingerprint density at radius 1 is 1.33 bits per heavy atom. The SMILES string of the molecule is O=C(N=c1nc2ccccc2c2n1CCN2)c1ccc([N+](=O)[O-])s1. The van der Waals surface area contributed by atoms with Crippen molar-refractivity contribution in [3.63, 3.8) is 0 Å². The Morgan fingerprint density at radius 2 is 2.17 bits per heavy atom. The molecule has 0 aliphatic carbocycles. The van der Waals surface area contributed by atoms with Crippen LogP contribution in [0, 0.1) is 10.1 Å². The number of para-hydroxylation sites is 1. The molecule has 0 spiro atoms. The lowest BCUT2D eigenvalue weighted by molar-refractivity contribution is -0.380.